The number of ether oxygens (including phenoxy) is 1. The van der Waals surface area contributed by atoms with Crippen molar-refractivity contribution in [3.05, 3.63) is 0 Å². The molecule has 0 unspecified atom stereocenters. The van der Waals surface area contributed by atoms with Crippen molar-refractivity contribution in [1.29, 1.82) is 0 Å². The number of nitrogens with zero attached hydrogens (tertiary/aromatic N) is 2. The number of oxime groups is 1. The first kappa shape index (κ1) is 17.9. The van der Waals surface area contributed by atoms with E-state index in [0.29, 0.717) is 25.4 Å². The number of amidine groups is 1. The van der Waals surface area contributed by atoms with Crippen LogP contribution in [-0.4, -0.2) is 45.3 Å². The highest BCUT2D eigenvalue weighted by Gasteiger charge is 2.00. The number of amides is 1. The van der Waals surface area contributed by atoms with Gasteiger partial charge < -0.3 is 14.9 Å². The largest absolute Gasteiger partial charge is 0.384 e. The van der Waals surface area contributed by atoms with E-state index in [9.17, 15) is 4.79 Å². The quantitative estimate of drug-likeness (QED) is 0.317. The predicted molar refractivity (Wildman–Crippen MR) is 69.5 cm³/mol. The first-order valence-electron chi connectivity index (χ1n) is 5.65. The van der Waals surface area contributed by atoms with Gasteiger partial charge in [0.15, 0.2) is 12.4 Å². The minimum absolute atomic E-state index is 0.122. The van der Waals surface area contributed by atoms with E-state index in [1.165, 1.54) is 0 Å². The molecule has 0 atom stereocenters. The number of nitrogens with one attached hydrogen (secondary N) is 1. The summed E-state index contributed by atoms with van der Waals surface area (Å²) in [4.78, 5) is 19.4. The smallest absolute Gasteiger partial charge is 0.260 e. The van der Waals surface area contributed by atoms with Crippen LogP contribution in [0.3, 0.4) is 0 Å². The van der Waals surface area contributed by atoms with Gasteiger partial charge in [-0.2, -0.15) is 0 Å². The lowest BCUT2D eigenvalue weighted by Crippen LogP contribution is -2.29. The maximum atomic E-state index is 11.1. The molecule has 0 aliphatic rings. The van der Waals surface area contributed by atoms with Gasteiger partial charge >= 0.3 is 0 Å². The molecule has 1 amide bonds. The molecule has 1 N–H and O–H groups in total. The zero-order valence-electron chi connectivity index (χ0n) is 11.2. The molecule has 0 radical (unpaired) electrons. The number of methoxy groups -OCH3 is 1. The number of hydrogen-bond donors (Lipinski definition) is 1. The average Bonchev–Trinajstić information content (AvgIpc) is 2.37. The predicted octanol–water partition coefficient (Wildman–Crippen LogP) is 1.22. The van der Waals surface area contributed by atoms with E-state index in [0.717, 1.165) is 0 Å². The molecule has 17 heavy (non-hydrogen) atoms. The maximum Gasteiger partial charge on any atom is 0.260 e. The Bertz CT molecular complexity index is 230. The number of carbonyl (C=O) groups excluding carboxylic acids is 1. The molecular formula is C11H23N3O3. The third kappa shape index (κ3) is 12.5. The summed E-state index contributed by atoms with van der Waals surface area (Å²) in [5.74, 6) is 0.231. The van der Waals surface area contributed by atoms with Crippen LogP contribution in [0.25, 0.3) is 0 Å². The summed E-state index contributed by atoms with van der Waals surface area (Å²) in [6, 6.07) is 0. The molecule has 100 valence electrons. The van der Waals surface area contributed by atoms with E-state index < -0.39 is 0 Å². The summed E-state index contributed by atoms with van der Waals surface area (Å²) in [5.41, 5.74) is 0. The molecule has 0 bridgehead atoms. The lowest BCUT2D eigenvalue weighted by molar-refractivity contribution is -0.125. The Hall–Kier alpha value is -1.43. The Kier molecular flexibility index (Phi) is 15.4. The van der Waals surface area contributed by atoms with Crippen LogP contribution in [0.2, 0.25) is 0 Å². The Labute approximate surface area is 103 Å². The van der Waals surface area contributed by atoms with Crippen molar-refractivity contribution in [1.82, 2.24) is 5.32 Å². The zero-order chi connectivity index (χ0) is 13.5. The van der Waals surface area contributed by atoms with Crippen LogP contribution in [0.5, 0.6) is 0 Å². The first-order valence-corrected chi connectivity index (χ1v) is 5.65. The molecule has 0 spiro atoms. The van der Waals surface area contributed by atoms with E-state index in [1.54, 1.807) is 7.11 Å². The Morgan fingerprint density at radius 3 is 2.53 bits per heavy atom. The molecule has 0 aliphatic carbocycles. The monoisotopic (exact) mass is 245 g/mol. The van der Waals surface area contributed by atoms with Crippen LogP contribution in [-0.2, 0) is 14.4 Å². The highest BCUT2D eigenvalue weighted by molar-refractivity contribution is 5.85. The molecular weight excluding hydrogens is 222 g/mol. The second-order valence-corrected chi connectivity index (χ2v) is 2.64. The Balaban J connectivity index is 0. The van der Waals surface area contributed by atoms with Crippen molar-refractivity contribution in [3.8, 4) is 0 Å². The van der Waals surface area contributed by atoms with E-state index >= 15 is 0 Å². The Morgan fingerprint density at radius 2 is 2.06 bits per heavy atom. The Morgan fingerprint density at radius 1 is 1.41 bits per heavy atom. The van der Waals surface area contributed by atoms with Crippen molar-refractivity contribution >= 4 is 18.5 Å². The van der Waals surface area contributed by atoms with Crippen molar-refractivity contribution in [2.45, 2.75) is 27.2 Å². The van der Waals surface area contributed by atoms with Crippen LogP contribution in [0.1, 0.15) is 27.2 Å². The fourth-order valence-corrected chi connectivity index (χ4v) is 0.714. The number of hydrogen-bond acceptors (Lipinski definition) is 4. The molecule has 0 aromatic rings. The van der Waals surface area contributed by atoms with Gasteiger partial charge in [-0.25, -0.2) is 4.99 Å². The van der Waals surface area contributed by atoms with Crippen LogP contribution in [0.4, 0.5) is 0 Å². The molecule has 0 fully saturated rings. The third-order valence-corrected chi connectivity index (χ3v) is 1.49. The van der Waals surface area contributed by atoms with Crippen LogP contribution < -0.4 is 5.32 Å². The van der Waals surface area contributed by atoms with E-state index in [2.05, 4.69) is 22.2 Å². The lowest BCUT2D eigenvalue weighted by atomic mass is 10.5. The summed E-state index contributed by atoms with van der Waals surface area (Å²) in [7, 11) is 1.57. The fourth-order valence-electron chi connectivity index (χ4n) is 0.714. The van der Waals surface area contributed by atoms with Gasteiger partial charge in [0.1, 0.15) is 0 Å². The molecule has 0 saturated carbocycles. The van der Waals surface area contributed by atoms with Crippen molar-refractivity contribution < 1.29 is 14.4 Å². The van der Waals surface area contributed by atoms with Crippen LogP contribution >= 0.6 is 0 Å². The number of carbonyl (C=O) groups is 1. The molecule has 6 nitrogen and oxygen atoms in total. The third-order valence-electron chi connectivity index (χ3n) is 1.49. The lowest BCUT2D eigenvalue weighted by Gasteiger charge is -2.03. The molecule has 0 heterocycles. The van der Waals surface area contributed by atoms with Crippen molar-refractivity contribution in [2.24, 2.45) is 10.1 Å². The highest BCUT2D eigenvalue weighted by Crippen LogP contribution is 1.88. The van der Waals surface area contributed by atoms with Gasteiger partial charge in [0.05, 0.1) is 6.61 Å². The summed E-state index contributed by atoms with van der Waals surface area (Å²) < 4.78 is 4.76. The van der Waals surface area contributed by atoms with Gasteiger partial charge in [0.2, 0.25) is 0 Å². The second kappa shape index (κ2) is 14.6. The molecule has 0 aromatic heterocycles. The number of aliphatic imine (C=N–C) groups is 1. The highest BCUT2D eigenvalue weighted by atomic mass is 16.6. The standard InChI is InChI=1S/C9H17N3O3.C2H6/c1-4-8(10-2)12-15-7-9(13)11-5-6-14-3;1-2/h2,4-7H2,1,3H3,(H,11,13);1-2H3/b12-8-;. The van der Waals surface area contributed by atoms with Crippen LogP contribution in [0.15, 0.2) is 10.1 Å². The minimum Gasteiger partial charge on any atom is -0.384 e. The van der Waals surface area contributed by atoms with Crippen molar-refractivity contribution in [3.63, 3.8) is 0 Å². The minimum atomic E-state index is -0.240. The molecule has 0 aromatic carbocycles. The number of rotatable bonds is 7. The van der Waals surface area contributed by atoms with Gasteiger partial charge in [-0.15, -0.1) is 0 Å². The zero-order valence-corrected chi connectivity index (χ0v) is 11.2. The van der Waals surface area contributed by atoms with E-state index in [-0.39, 0.29) is 12.5 Å². The van der Waals surface area contributed by atoms with Gasteiger partial charge in [0.25, 0.3) is 5.91 Å². The van der Waals surface area contributed by atoms with Crippen LogP contribution in [0, 0.1) is 0 Å². The molecule has 0 saturated heterocycles. The average molecular weight is 245 g/mol. The van der Waals surface area contributed by atoms with E-state index in [1.807, 2.05) is 20.8 Å². The topological polar surface area (TPSA) is 72.3 Å². The summed E-state index contributed by atoms with van der Waals surface area (Å²) in [6.45, 7) is 10.00. The maximum absolute atomic E-state index is 11.1. The van der Waals surface area contributed by atoms with Gasteiger partial charge in [-0.3, -0.25) is 4.79 Å². The first-order chi connectivity index (χ1) is 8.24. The fraction of sp³-hybridized carbons (Fsp3) is 0.727. The van der Waals surface area contributed by atoms with E-state index in [4.69, 9.17) is 9.57 Å². The van der Waals surface area contributed by atoms with Gasteiger partial charge in [-0.1, -0.05) is 25.9 Å². The summed E-state index contributed by atoms with van der Waals surface area (Å²) in [5, 5.41) is 6.21. The molecule has 6 heteroatoms. The second-order valence-electron chi connectivity index (χ2n) is 2.64. The normalized spacial score (nSPS) is 10.0. The summed E-state index contributed by atoms with van der Waals surface area (Å²) >= 11 is 0. The SMILES string of the molecule is C=N/C(CC)=N\OCC(=O)NCCOC.CC. The van der Waals surface area contributed by atoms with Gasteiger partial charge in [-0.05, 0) is 6.72 Å². The van der Waals surface area contributed by atoms with Gasteiger partial charge in [0, 0.05) is 20.1 Å². The van der Waals surface area contributed by atoms with Crippen molar-refractivity contribution in [2.75, 3.05) is 26.9 Å². The molecule has 0 aliphatic heterocycles. The summed E-state index contributed by atoms with van der Waals surface area (Å²) in [6.07, 6.45) is 0.620. The molecule has 0 rings (SSSR count).